The number of aliphatic hydroxyl groups excluding tert-OH is 1. The SMILES string of the molecule is COc1cc(CN(C)C2C[C@H]3CC(O)C[C@H]3C2)ccc1OCC(N)=O. The molecule has 0 saturated heterocycles. The van der Waals surface area contributed by atoms with Gasteiger partial charge in [-0.1, -0.05) is 6.07 Å². The van der Waals surface area contributed by atoms with Gasteiger partial charge in [0.05, 0.1) is 13.2 Å². The van der Waals surface area contributed by atoms with Crippen molar-refractivity contribution in [3.8, 4) is 11.5 Å². The number of methoxy groups -OCH3 is 1. The van der Waals surface area contributed by atoms with Crippen molar-refractivity contribution in [2.24, 2.45) is 17.6 Å². The number of rotatable bonds is 7. The molecule has 0 radical (unpaired) electrons. The molecule has 1 amide bonds. The summed E-state index contributed by atoms with van der Waals surface area (Å²) < 4.78 is 10.7. The summed E-state index contributed by atoms with van der Waals surface area (Å²) in [6, 6.07) is 6.34. The van der Waals surface area contributed by atoms with Crippen LogP contribution in [0.5, 0.6) is 11.5 Å². The van der Waals surface area contributed by atoms with Crippen LogP contribution in [0.1, 0.15) is 31.2 Å². The minimum atomic E-state index is -0.511. The number of nitrogens with two attached hydrogens (primary N) is 1. The topological polar surface area (TPSA) is 85.0 Å². The van der Waals surface area contributed by atoms with Crippen molar-refractivity contribution in [2.45, 2.75) is 44.4 Å². The van der Waals surface area contributed by atoms with Crippen molar-refractivity contribution in [2.75, 3.05) is 20.8 Å². The third kappa shape index (κ3) is 4.25. The minimum absolute atomic E-state index is 0.0848. The average molecular weight is 348 g/mol. The molecule has 2 unspecified atom stereocenters. The Balaban J connectivity index is 1.60. The summed E-state index contributed by atoms with van der Waals surface area (Å²) >= 11 is 0. The fraction of sp³-hybridized carbons (Fsp3) is 0.632. The van der Waals surface area contributed by atoms with Crippen molar-refractivity contribution in [1.29, 1.82) is 0 Å². The molecule has 0 bridgehead atoms. The van der Waals surface area contributed by atoms with E-state index in [0.29, 0.717) is 29.4 Å². The van der Waals surface area contributed by atoms with E-state index < -0.39 is 5.91 Å². The monoisotopic (exact) mass is 348 g/mol. The lowest BCUT2D eigenvalue weighted by molar-refractivity contribution is -0.119. The summed E-state index contributed by atoms with van der Waals surface area (Å²) in [5.74, 6) is 1.99. The van der Waals surface area contributed by atoms with Gasteiger partial charge in [-0.15, -0.1) is 0 Å². The van der Waals surface area contributed by atoms with Crippen LogP contribution >= 0.6 is 0 Å². The summed E-state index contributed by atoms with van der Waals surface area (Å²) in [7, 11) is 3.75. The smallest absolute Gasteiger partial charge is 0.255 e. The minimum Gasteiger partial charge on any atom is -0.493 e. The molecule has 2 fully saturated rings. The van der Waals surface area contributed by atoms with Gasteiger partial charge in [-0.3, -0.25) is 9.69 Å². The molecule has 4 atom stereocenters. The fourth-order valence-electron chi connectivity index (χ4n) is 4.41. The Hall–Kier alpha value is -1.79. The van der Waals surface area contributed by atoms with Crippen LogP contribution < -0.4 is 15.2 Å². The van der Waals surface area contributed by atoms with Crippen molar-refractivity contribution in [1.82, 2.24) is 4.90 Å². The Kier molecular flexibility index (Phi) is 5.49. The number of carbonyl (C=O) groups is 1. The number of primary amides is 1. The van der Waals surface area contributed by atoms with Crippen LogP contribution in [0.25, 0.3) is 0 Å². The lowest BCUT2D eigenvalue weighted by Gasteiger charge is -2.25. The van der Waals surface area contributed by atoms with Gasteiger partial charge in [0.1, 0.15) is 0 Å². The summed E-state index contributed by atoms with van der Waals surface area (Å²) in [5.41, 5.74) is 6.26. The van der Waals surface area contributed by atoms with Gasteiger partial charge >= 0.3 is 0 Å². The van der Waals surface area contributed by atoms with E-state index in [1.165, 1.54) is 12.8 Å². The van der Waals surface area contributed by atoms with Crippen LogP contribution in [0.2, 0.25) is 0 Å². The number of fused-ring (bicyclic) bond motifs is 1. The Morgan fingerprint density at radius 1 is 1.24 bits per heavy atom. The van der Waals surface area contributed by atoms with Crippen LogP contribution in [-0.2, 0) is 11.3 Å². The Morgan fingerprint density at radius 3 is 2.52 bits per heavy atom. The second-order valence-corrected chi connectivity index (χ2v) is 7.43. The zero-order valence-corrected chi connectivity index (χ0v) is 15.0. The van der Waals surface area contributed by atoms with E-state index in [0.717, 1.165) is 24.9 Å². The van der Waals surface area contributed by atoms with E-state index >= 15 is 0 Å². The van der Waals surface area contributed by atoms with Gasteiger partial charge in [-0.2, -0.15) is 0 Å². The second kappa shape index (κ2) is 7.62. The molecule has 2 aliphatic rings. The van der Waals surface area contributed by atoms with Crippen molar-refractivity contribution in [3.05, 3.63) is 23.8 Å². The number of benzene rings is 1. The molecule has 3 rings (SSSR count). The Bertz CT molecular complexity index is 607. The van der Waals surface area contributed by atoms with Gasteiger partial charge in [0, 0.05) is 12.6 Å². The molecule has 25 heavy (non-hydrogen) atoms. The van der Waals surface area contributed by atoms with E-state index in [-0.39, 0.29) is 12.7 Å². The molecular formula is C19H28N2O4. The maximum atomic E-state index is 10.9. The highest BCUT2D eigenvalue weighted by Crippen LogP contribution is 2.45. The summed E-state index contributed by atoms with van der Waals surface area (Å²) in [6.45, 7) is 0.672. The third-order valence-corrected chi connectivity index (χ3v) is 5.62. The third-order valence-electron chi connectivity index (χ3n) is 5.62. The predicted octanol–water partition coefficient (Wildman–Crippen LogP) is 1.54. The summed E-state index contributed by atoms with van der Waals surface area (Å²) in [4.78, 5) is 13.3. The van der Waals surface area contributed by atoms with Gasteiger partial charge in [-0.05, 0) is 62.3 Å². The highest BCUT2D eigenvalue weighted by Gasteiger charge is 2.42. The summed E-state index contributed by atoms with van der Waals surface area (Å²) in [5, 5.41) is 9.79. The van der Waals surface area contributed by atoms with Crippen molar-refractivity contribution < 1.29 is 19.4 Å². The molecule has 0 spiro atoms. The first-order valence-electron chi connectivity index (χ1n) is 8.92. The number of ether oxygens (including phenoxy) is 2. The molecule has 138 valence electrons. The largest absolute Gasteiger partial charge is 0.493 e. The molecule has 1 aromatic rings. The molecule has 6 heteroatoms. The maximum absolute atomic E-state index is 10.9. The van der Waals surface area contributed by atoms with Crippen molar-refractivity contribution >= 4 is 5.91 Å². The predicted molar refractivity (Wildman–Crippen MR) is 94.4 cm³/mol. The molecule has 1 aromatic carbocycles. The van der Waals surface area contributed by atoms with E-state index in [9.17, 15) is 9.90 Å². The molecule has 0 aromatic heterocycles. The number of hydrogen-bond donors (Lipinski definition) is 2. The molecule has 0 heterocycles. The van der Waals surface area contributed by atoms with Gasteiger partial charge in [0.15, 0.2) is 18.1 Å². The van der Waals surface area contributed by atoms with Crippen LogP contribution in [-0.4, -0.2) is 48.8 Å². The second-order valence-electron chi connectivity index (χ2n) is 7.43. The molecule has 0 aliphatic heterocycles. The van der Waals surface area contributed by atoms with E-state index in [1.807, 2.05) is 18.2 Å². The lowest BCUT2D eigenvalue weighted by atomic mass is 10.0. The molecule has 2 saturated carbocycles. The Labute approximate surface area is 148 Å². The van der Waals surface area contributed by atoms with Gasteiger partial charge < -0.3 is 20.3 Å². The van der Waals surface area contributed by atoms with Crippen LogP contribution in [0, 0.1) is 11.8 Å². The van der Waals surface area contributed by atoms with Gasteiger partial charge in [-0.25, -0.2) is 0 Å². The maximum Gasteiger partial charge on any atom is 0.255 e. The number of amides is 1. The first kappa shape index (κ1) is 18.0. The van der Waals surface area contributed by atoms with Crippen LogP contribution in [0.4, 0.5) is 0 Å². The highest BCUT2D eigenvalue weighted by atomic mass is 16.5. The fourth-order valence-corrected chi connectivity index (χ4v) is 4.41. The molecule has 6 nitrogen and oxygen atoms in total. The Morgan fingerprint density at radius 2 is 1.92 bits per heavy atom. The number of nitrogens with zero attached hydrogens (tertiary/aromatic N) is 1. The number of carbonyl (C=O) groups excluding carboxylic acids is 1. The van der Waals surface area contributed by atoms with Gasteiger partial charge in [0.25, 0.3) is 5.91 Å². The normalized spacial score (nSPS) is 28.2. The zero-order valence-electron chi connectivity index (χ0n) is 15.0. The summed E-state index contributed by atoms with van der Waals surface area (Å²) in [6.07, 6.45) is 4.20. The van der Waals surface area contributed by atoms with E-state index in [2.05, 4.69) is 11.9 Å². The van der Waals surface area contributed by atoms with Crippen LogP contribution in [0.3, 0.4) is 0 Å². The van der Waals surface area contributed by atoms with E-state index in [4.69, 9.17) is 15.2 Å². The molecular weight excluding hydrogens is 320 g/mol. The quantitative estimate of drug-likeness (QED) is 0.781. The standard InChI is InChI=1S/C19H28N2O4/c1-21(15-6-13-8-16(22)9-14(13)7-15)10-12-3-4-17(18(5-12)24-2)25-11-19(20)23/h3-5,13-16,22H,6-11H2,1-2H3,(H2,20,23)/t13-,14+,15?,16?. The number of hydrogen-bond acceptors (Lipinski definition) is 5. The van der Waals surface area contributed by atoms with Crippen molar-refractivity contribution in [3.63, 3.8) is 0 Å². The molecule has 3 N–H and O–H groups in total. The average Bonchev–Trinajstić information content (AvgIpc) is 3.10. The molecule has 2 aliphatic carbocycles. The van der Waals surface area contributed by atoms with Crippen LogP contribution in [0.15, 0.2) is 18.2 Å². The van der Waals surface area contributed by atoms with E-state index in [1.54, 1.807) is 7.11 Å². The van der Waals surface area contributed by atoms with Gasteiger partial charge in [0.2, 0.25) is 0 Å². The lowest BCUT2D eigenvalue weighted by Crippen LogP contribution is -2.29. The first-order valence-corrected chi connectivity index (χ1v) is 8.92. The highest BCUT2D eigenvalue weighted by molar-refractivity contribution is 5.75. The first-order chi connectivity index (χ1) is 12.0. The number of aliphatic hydroxyl groups is 1. The zero-order chi connectivity index (χ0) is 18.0.